The number of anilines is 1. The molecule has 1 heterocycles. The minimum absolute atomic E-state index is 0.0723. The molecule has 0 atom stereocenters. The van der Waals surface area contributed by atoms with Crippen LogP contribution in [0.1, 0.15) is 41.3 Å². The zero-order valence-corrected chi connectivity index (χ0v) is 17.4. The number of carboxylic acid groups (broad SMARTS) is 1. The Kier molecular flexibility index (Phi) is 5.33. The first-order valence-corrected chi connectivity index (χ1v) is 10.9. The molecule has 0 amide bonds. The van der Waals surface area contributed by atoms with E-state index in [9.17, 15) is 28.4 Å². The summed E-state index contributed by atoms with van der Waals surface area (Å²) in [7, 11) is -4.09. The van der Waals surface area contributed by atoms with Gasteiger partial charge in [0.25, 0.3) is 15.7 Å². The fourth-order valence-corrected chi connectivity index (χ4v) is 5.76. The Bertz CT molecular complexity index is 1250. The van der Waals surface area contributed by atoms with Crippen LogP contribution >= 0.6 is 11.3 Å². The topological polar surface area (TPSA) is 127 Å². The van der Waals surface area contributed by atoms with Gasteiger partial charge in [0.1, 0.15) is 4.21 Å². The predicted octanol–water partition coefficient (Wildman–Crippen LogP) is 4.74. The molecule has 0 unspecified atom stereocenters. The molecule has 0 fully saturated rings. The van der Waals surface area contributed by atoms with Gasteiger partial charge in [-0.2, -0.15) is 0 Å². The minimum atomic E-state index is -4.09. The van der Waals surface area contributed by atoms with Crippen LogP contribution < -0.4 is 4.72 Å². The van der Waals surface area contributed by atoms with E-state index in [2.05, 4.69) is 4.72 Å². The fraction of sp³-hybridized carbons (Fsp3) is 0.211. The molecule has 0 aliphatic heterocycles. The van der Waals surface area contributed by atoms with E-state index in [4.69, 9.17) is 0 Å². The van der Waals surface area contributed by atoms with Crippen LogP contribution in [-0.4, -0.2) is 24.4 Å². The maximum atomic E-state index is 13.0. The lowest BCUT2D eigenvalue weighted by molar-refractivity contribution is -0.384. The Labute approximate surface area is 171 Å². The van der Waals surface area contributed by atoms with Crippen LogP contribution in [0.4, 0.5) is 11.4 Å². The number of fused-ring (bicyclic) bond motifs is 1. The number of nitrogens with zero attached hydrogens (tertiary/aromatic N) is 1. The number of hydrogen-bond acceptors (Lipinski definition) is 6. The summed E-state index contributed by atoms with van der Waals surface area (Å²) in [5.41, 5.74) is 0.480. The number of sulfonamides is 1. The van der Waals surface area contributed by atoms with Gasteiger partial charge in [-0.15, -0.1) is 11.3 Å². The van der Waals surface area contributed by atoms with Crippen molar-refractivity contribution in [2.24, 2.45) is 0 Å². The van der Waals surface area contributed by atoms with E-state index in [1.807, 2.05) is 32.0 Å². The van der Waals surface area contributed by atoms with E-state index < -0.39 is 32.2 Å². The third-order valence-electron chi connectivity index (χ3n) is 4.52. The molecule has 0 aliphatic rings. The van der Waals surface area contributed by atoms with Crippen molar-refractivity contribution in [3.05, 3.63) is 63.2 Å². The number of hydrogen-bond donors (Lipinski definition) is 2. The largest absolute Gasteiger partial charge is 0.478 e. The molecule has 3 aromatic rings. The van der Waals surface area contributed by atoms with Crippen LogP contribution in [0, 0.1) is 17.0 Å². The quantitative estimate of drug-likeness (QED) is 0.426. The molecule has 152 valence electrons. The maximum absolute atomic E-state index is 13.0. The van der Waals surface area contributed by atoms with Crippen molar-refractivity contribution in [1.29, 1.82) is 0 Å². The number of carbonyl (C=O) groups is 1. The van der Waals surface area contributed by atoms with Crippen molar-refractivity contribution in [3.63, 3.8) is 0 Å². The highest BCUT2D eigenvalue weighted by Gasteiger charge is 2.25. The first-order chi connectivity index (χ1) is 13.5. The highest BCUT2D eigenvalue weighted by atomic mass is 32.2. The molecule has 2 N–H and O–H groups in total. The van der Waals surface area contributed by atoms with Gasteiger partial charge in [-0.1, -0.05) is 19.9 Å². The number of non-ortho nitro benzene ring substituents is 1. The van der Waals surface area contributed by atoms with Gasteiger partial charge in [0.15, 0.2) is 0 Å². The number of thiophene rings is 1. The summed E-state index contributed by atoms with van der Waals surface area (Å²) in [5, 5.41) is 21.0. The van der Waals surface area contributed by atoms with E-state index in [-0.39, 0.29) is 15.8 Å². The molecule has 0 aliphatic carbocycles. The number of aromatic carboxylic acids is 1. The summed E-state index contributed by atoms with van der Waals surface area (Å²) in [6.07, 6.45) is 0. The van der Waals surface area contributed by atoms with Crippen LogP contribution in [-0.2, 0) is 10.0 Å². The zero-order chi connectivity index (χ0) is 21.5. The van der Waals surface area contributed by atoms with Gasteiger partial charge in [-0.05, 0) is 47.6 Å². The van der Waals surface area contributed by atoms with E-state index in [1.165, 1.54) is 0 Å². The van der Waals surface area contributed by atoms with Crippen LogP contribution in [0.5, 0.6) is 0 Å². The molecule has 0 saturated carbocycles. The normalized spacial score (nSPS) is 11.7. The number of rotatable bonds is 6. The Morgan fingerprint density at radius 1 is 1.21 bits per heavy atom. The number of nitrogens with one attached hydrogen (secondary N) is 1. The lowest BCUT2D eigenvalue weighted by Gasteiger charge is -2.10. The number of nitro groups is 1. The standard InChI is InChI=1S/C19H18N2O6S2/c1-10(2)12-4-7-17-14(8-12)11(3)19(28-17)29(26,27)20-16-6-5-13(21(24)25)9-15(16)18(22)23/h4-10,20H,1-3H3,(H,22,23). The van der Waals surface area contributed by atoms with Crippen molar-refractivity contribution in [1.82, 2.24) is 0 Å². The minimum Gasteiger partial charge on any atom is -0.478 e. The van der Waals surface area contributed by atoms with Crippen molar-refractivity contribution in [2.75, 3.05) is 4.72 Å². The summed E-state index contributed by atoms with van der Waals surface area (Å²) in [4.78, 5) is 21.6. The Morgan fingerprint density at radius 3 is 2.48 bits per heavy atom. The van der Waals surface area contributed by atoms with Crippen molar-refractivity contribution in [2.45, 2.75) is 30.9 Å². The molecule has 0 spiro atoms. The van der Waals surface area contributed by atoms with Gasteiger partial charge in [-0.25, -0.2) is 13.2 Å². The number of benzene rings is 2. The molecular formula is C19H18N2O6S2. The molecule has 0 saturated heterocycles. The van der Waals surface area contributed by atoms with Gasteiger partial charge in [0.2, 0.25) is 0 Å². The fourth-order valence-electron chi connectivity index (χ4n) is 2.93. The van der Waals surface area contributed by atoms with Crippen molar-refractivity contribution >= 4 is 48.8 Å². The van der Waals surface area contributed by atoms with Crippen LogP contribution in [0.2, 0.25) is 0 Å². The predicted molar refractivity (Wildman–Crippen MR) is 112 cm³/mol. The SMILES string of the molecule is Cc1c(S(=O)(=O)Nc2ccc([N+](=O)[O-])cc2C(=O)O)sc2ccc(C(C)C)cc12. The Morgan fingerprint density at radius 2 is 1.90 bits per heavy atom. The van der Waals surface area contributed by atoms with Gasteiger partial charge in [0, 0.05) is 16.8 Å². The van der Waals surface area contributed by atoms with E-state index in [0.29, 0.717) is 5.56 Å². The average molecular weight is 434 g/mol. The molecular weight excluding hydrogens is 416 g/mol. The summed E-state index contributed by atoms with van der Waals surface area (Å²) < 4.78 is 29.1. The summed E-state index contributed by atoms with van der Waals surface area (Å²) in [6.45, 7) is 5.79. The maximum Gasteiger partial charge on any atom is 0.338 e. The molecule has 1 aromatic heterocycles. The number of nitro benzene ring substituents is 1. The zero-order valence-electron chi connectivity index (χ0n) is 15.8. The smallest absolute Gasteiger partial charge is 0.338 e. The van der Waals surface area contributed by atoms with Crippen molar-refractivity contribution < 1.29 is 23.2 Å². The second-order valence-corrected chi connectivity index (χ2v) is 9.75. The van der Waals surface area contributed by atoms with E-state index in [0.717, 1.165) is 45.2 Å². The van der Waals surface area contributed by atoms with Crippen LogP contribution in [0.15, 0.2) is 40.6 Å². The van der Waals surface area contributed by atoms with Crippen LogP contribution in [0.25, 0.3) is 10.1 Å². The van der Waals surface area contributed by atoms with Crippen molar-refractivity contribution in [3.8, 4) is 0 Å². The number of aryl methyl sites for hydroxylation is 1. The van der Waals surface area contributed by atoms with E-state index >= 15 is 0 Å². The molecule has 8 nitrogen and oxygen atoms in total. The molecule has 2 aromatic carbocycles. The van der Waals surface area contributed by atoms with Crippen LogP contribution in [0.3, 0.4) is 0 Å². The highest BCUT2D eigenvalue weighted by molar-refractivity contribution is 7.94. The summed E-state index contributed by atoms with van der Waals surface area (Å²) in [5.74, 6) is -1.18. The van der Waals surface area contributed by atoms with Gasteiger partial charge in [0.05, 0.1) is 16.2 Å². The molecule has 0 bridgehead atoms. The average Bonchev–Trinajstić information content (AvgIpc) is 2.98. The molecule has 29 heavy (non-hydrogen) atoms. The summed E-state index contributed by atoms with van der Waals surface area (Å²) >= 11 is 1.09. The van der Waals surface area contributed by atoms with Gasteiger partial charge < -0.3 is 5.11 Å². The second-order valence-electron chi connectivity index (χ2n) is 6.82. The Hall–Kier alpha value is -2.98. The monoisotopic (exact) mass is 434 g/mol. The number of carboxylic acids is 1. The van der Waals surface area contributed by atoms with E-state index in [1.54, 1.807) is 6.92 Å². The third kappa shape index (κ3) is 3.94. The first-order valence-electron chi connectivity index (χ1n) is 8.59. The lowest BCUT2D eigenvalue weighted by atomic mass is 10.0. The third-order valence-corrected chi connectivity index (χ3v) is 7.77. The summed E-state index contributed by atoms with van der Waals surface area (Å²) in [6, 6.07) is 8.74. The second kappa shape index (κ2) is 7.45. The van der Waals surface area contributed by atoms with Gasteiger partial charge >= 0.3 is 5.97 Å². The van der Waals surface area contributed by atoms with Gasteiger partial charge in [-0.3, -0.25) is 14.8 Å². The Balaban J connectivity index is 2.08. The lowest BCUT2D eigenvalue weighted by Crippen LogP contribution is -2.15. The molecule has 0 radical (unpaired) electrons. The molecule has 10 heteroatoms. The first kappa shape index (κ1) is 20.7. The highest BCUT2D eigenvalue weighted by Crippen LogP contribution is 2.37. The molecule has 3 rings (SSSR count).